The van der Waals surface area contributed by atoms with Crippen molar-refractivity contribution in [3.05, 3.63) is 35.9 Å². The van der Waals surface area contributed by atoms with E-state index in [0.717, 1.165) is 0 Å². The van der Waals surface area contributed by atoms with Gasteiger partial charge in [0, 0.05) is 14.0 Å². The summed E-state index contributed by atoms with van der Waals surface area (Å²) in [6, 6.07) is 9.12. The molecule has 0 bridgehead atoms. The highest BCUT2D eigenvalue weighted by atomic mass is 16.6. The average Bonchev–Trinajstić information content (AvgIpc) is 2.59. The third-order valence-corrected chi connectivity index (χ3v) is 3.60. The van der Waals surface area contributed by atoms with Crippen LogP contribution in [0.5, 0.6) is 0 Å². The molecule has 1 aliphatic heterocycles. The van der Waals surface area contributed by atoms with E-state index in [2.05, 4.69) is 0 Å². The summed E-state index contributed by atoms with van der Waals surface area (Å²) in [6.45, 7) is 4.80. The minimum atomic E-state index is -1.27. The van der Waals surface area contributed by atoms with Crippen LogP contribution >= 0.6 is 0 Å². The highest BCUT2D eigenvalue weighted by Crippen LogP contribution is 2.41. The fourth-order valence-electron chi connectivity index (χ4n) is 2.32. The van der Waals surface area contributed by atoms with Crippen LogP contribution in [-0.2, 0) is 24.7 Å². The summed E-state index contributed by atoms with van der Waals surface area (Å²) < 4.78 is 11.1. The fraction of sp³-hybridized carbons (Fsp3) is 0.467. The summed E-state index contributed by atoms with van der Waals surface area (Å²) in [4.78, 5) is 25.3. The van der Waals surface area contributed by atoms with Crippen LogP contribution in [0.4, 0.5) is 0 Å². The van der Waals surface area contributed by atoms with Crippen molar-refractivity contribution >= 4 is 11.9 Å². The zero-order valence-corrected chi connectivity index (χ0v) is 12.2. The molecule has 0 N–H and O–H groups in total. The van der Waals surface area contributed by atoms with E-state index in [1.54, 1.807) is 19.2 Å². The van der Waals surface area contributed by atoms with Crippen LogP contribution in [0.1, 0.15) is 26.3 Å². The first-order valence-electron chi connectivity index (χ1n) is 6.47. The van der Waals surface area contributed by atoms with E-state index >= 15 is 0 Å². The van der Waals surface area contributed by atoms with Gasteiger partial charge in [-0.2, -0.15) is 0 Å². The van der Waals surface area contributed by atoms with Crippen molar-refractivity contribution in [1.82, 2.24) is 4.90 Å². The number of hydrogen-bond acceptors (Lipinski definition) is 4. The Morgan fingerprint density at radius 3 is 2.35 bits per heavy atom. The van der Waals surface area contributed by atoms with Crippen LogP contribution in [0.3, 0.4) is 0 Å². The van der Waals surface area contributed by atoms with E-state index < -0.39 is 17.3 Å². The van der Waals surface area contributed by atoms with E-state index in [9.17, 15) is 9.59 Å². The van der Waals surface area contributed by atoms with Crippen molar-refractivity contribution in [3.8, 4) is 0 Å². The van der Waals surface area contributed by atoms with Gasteiger partial charge in [0.05, 0.1) is 0 Å². The maximum absolute atomic E-state index is 12.7. The molecule has 0 aliphatic carbocycles. The predicted molar refractivity (Wildman–Crippen MR) is 72.7 cm³/mol. The van der Waals surface area contributed by atoms with Crippen LogP contribution < -0.4 is 0 Å². The lowest BCUT2D eigenvalue weighted by atomic mass is 9.94. The maximum Gasteiger partial charge on any atom is 0.302 e. The minimum absolute atomic E-state index is 0.126. The van der Waals surface area contributed by atoms with Gasteiger partial charge in [-0.05, 0) is 19.4 Å². The molecule has 1 aromatic carbocycles. The number of benzene rings is 1. The van der Waals surface area contributed by atoms with Gasteiger partial charge in [-0.25, -0.2) is 0 Å². The van der Waals surface area contributed by atoms with Crippen molar-refractivity contribution in [2.75, 3.05) is 13.7 Å². The topological polar surface area (TPSA) is 55.8 Å². The Balaban J connectivity index is 2.46. The SMILES string of the molecule is CC(=O)OC[C@@]1(c2ccccc2)OC(C)(C)N(C)C1=O. The second-order valence-electron chi connectivity index (χ2n) is 5.39. The van der Waals surface area contributed by atoms with E-state index in [1.165, 1.54) is 11.8 Å². The molecule has 5 nitrogen and oxygen atoms in total. The van der Waals surface area contributed by atoms with E-state index in [-0.39, 0.29) is 12.5 Å². The molecule has 0 spiro atoms. The van der Waals surface area contributed by atoms with Gasteiger partial charge >= 0.3 is 5.97 Å². The van der Waals surface area contributed by atoms with Gasteiger partial charge in [-0.3, -0.25) is 9.59 Å². The third kappa shape index (κ3) is 2.29. The Labute approximate surface area is 118 Å². The lowest BCUT2D eigenvalue weighted by Gasteiger charge is -2.28. The molecule has 1 saturated heterocycles. The molecular formula is C15H19NO4. The minimum Gasteiger partial charge on any atom is -0.462 e. The molecule has 1 amide bonds. The van der Waals surface area contributed by atoms with Gasteiger partial charge in [0.15, 0.2) is 0 Å². The number of esters is 1. The second kappa shape index (κ2) is 4.90. The number of hydrogen-bond donors (Lipinski definition) is 0. The van der Waals surface area contributed by atoms with Crippen LogP contribution in [0, 0.1) is 0 Å². The number of carbonyl (C=O) groups excluding carboxylic acids is 2. The molecule has 0 saturated carbocycles. The first-order chi connectivity index (χ1) is 9.29. The lowest BCUT2D eigenvalue weighted by molar-refractivity contribution is -0.167. The Kier molecular flexibility index (Phi) is 3.56. The predicted octanol–water partition coefficient (Wildman–Crippen LogP) is 1.67. The van der Waals surface area contributed by atoms with E-state index in [4.69, 9.17) is 9.47 Å². The zero-order valence-electron chi connectivity index (χ0n) is 12.2. The summed E-state index contributed by atoms with van der Waals surface area (Å²) in [5.41, 5.74) is -1.35. The van der Waals surface area contributed by atoms with Crippen LogP contribution in [-0.4, -0.2) is 36.2 Å². The van der Waals surface area contributed by atoms with Crippen molar-refractivity contribution in [2.24, 2.45) is 0 Å². The Hall–Kier alpha value is -1.88. The molecule has 1 heterocycles. The number of ether oxygens (including phenoxy) is 2. The van der Waals surface area contributed by atoms with Crippen LogP contribution in [0.15, 0.2) is 30.3 Å². The molecule has 1 fully saturated rings. The van der Waals surface area contributed by atoms with Crippen molar-refractivity contribution in [1.29, 1.82) is 0 Å². The molecule has 1 aromatic rings. The van der Waals surface area contributed by atoms with Gasteiger partial charge in [-0.15, -0.1) is 0 Å². The molecular weight excluding hydrogens is 258 g/mol. The standard InChI is InChI=1S/C15H19NO4/c1-11(17)19-10-15(12-8-6-5-7-9-12)13(18)16(4)14(2,3)20-15/h5-9H,10H2,1-4H3/t15-/m0/s1. The molecule has 0 aromatic heterocycles. The molecule has 1 atom stereocenters. The van der Waals surface area contributed by atoms with Gasteiger partial charge in [0.25, 0.3) is 5.91 Å². The Morgan fingerprint density at radius 1 is 1.30 bits per heavy atom. The summed E-state index contributed by atoms with van der Waals surface area (Å²) >= 11 is 0. The van der Waals surface area contributed by atoms with Crippen molar-refractivity contribution in [3.63, 3.8) is 0 Å². The quantitative estimate of drug-likeness (QED) is 0.789. The van der Waals surface area contributed by atoms with E-state index in [0.29, 0.717) is 5.56 Å². The van der Waals surface area contributed by atoms with Gasteiger partial charge in [-0.1, -0.05) is 30.3 Å². The molecule has 1 aliphatic rings. The number of nitrogens with zero attached hydrogens (tertiary/aromatic N) is 1. The summed E-state index contributed by atoms with van der Waals surface area (Å²) in [5, 5.41) is 0. The largest absolute Gasteiger partial charge is 0.462 e. The maximum atomic E-state index is 12.7. The molecule has 2 rings (SSSR count). The lowest BCUT2D eigenvalue weighted by Crippen LogP contribution is -2.42. The van der Waals surface area contributed by atoms with Gasteiger partial charge < -0.3 is 14.4 Å². The summed E-state index contributed by atoms with van der Waals surface area (Å²) in [6.07, 6.45) is 0. The number of amides is 1. The second-order valence-corrected chi connectivity index (χ2v) is 5.39. The van der Waals surface area contributed by atoms with Gasteiger partial charge in [0.1, 0.15) is 12.3 Å². The zero-order chi connectivity index (χ0) is 15.0. The fourth-order valence-corrected chi connectivity index (χ4v) is 2.32. The summed E-state index contributed by atoms with van der Waals surface area (Å²) in [7, 11) is 1.68. The van der Waals surface area contributed by atoms with Crippen molar-refractivity contribution < 1.29 is 19.1 Å². The van der Waals surface area contributed by atoms with Crippen molar-refractivity contribution in [2.45, 2.75) is 32.1 Å². The first kappa shape index (κ1) is 14.5. The molecule has 5 heteroatoms. The van der Waals surface area contributed by atoms with Crippen LogP contribution in [0.25, 0.3) is 0 Å². The van der Waals surface area contributed by atoms with Gasteiger partial charge in [0.2, 0.25) is 5.60 Å². The molecule has 20 heavy (non-hydrogen) atoms. The van der Waals surface area contributed by atoms with E-state index in [1.807, 2.05) is 32.0 Å². The Morgan fingerprint density at radius 2 is 1.90 bits per heavy atom. The third-order valence-electron chi connectivity index (χ3n) is 3.60. The first-order valence-corrected chi connectivity index (χ1v) is 6.47. The molecule has 108 valence electrons. The highest BCUT2D eigenvalue weighted by Gasteiger charge is 2.57. The molecule has 0 unspecified atom stereocenters. The smallest absolute Gasteiger partial charge is 0.302 e. The number of rotatable bonds is 3. The normalized spacial score (nSPS) is 24.8. The highest BCUT2D eigenvalue weighted by molar-refractivity contribution is 5.89. The molecule has 0 radical (unpaired) electrons. The van der Waals surface area contributed by atoms with Crippen LogP contribution in [0.2, 0.25) is 0 Å². The monoisotopic (exact) mass is 277 g/mol. The number of likely N-dealkylation sites (N-methyl/N-ethyl adjacent to an activating group) is 1. The average molecular weight is 277 g/mol. The number of carbonyl (C=O) groups is 2. The Bertz CT molecular complexity index is 526. The summed E-state index contributed by atoms with van der Waals surface area (Å²) in [5.74, 6) is -0.654.